The lowest BCUT2D eigenvalue weighted by Crippen LogP contribution is -2.48. The molecule has 0 heterocycles. The van der Waals surface area contributed by atoms with Crippen LogP contribution in [0.25, 0.3) is 0 Å². The van der Waals surface area contributed by atoms with Crippen LogP contribution in [-0.4, -0.2) is 12.6 Å². The molecule has 3 N–H and O–H groups in total. The van der Waals surface area contributed by atoms with E-state index >= 15 is 0 Å². The molecule has 0 spiro atoms. The predicted octanol–water partition coefficient (Wildman–Crippen LogP) is 1.82. The number of rotatable bonds is 6. The van der Waals surface area contributed by atoms with E-state index in [0.717, 1.165) is 19.4 Å². The van der Waals surface area contributed by atoms with E-state index in [2.05, 4.69) is 51.0 Å². The lowest BCUT2D eigenvalue weighted by molar-refractivity contribution is 0.283. The van der Waals surface area contributed by atoms with Crippen LogP contribution in [0.4, 0.5) is 0 Å². The molecule has 0 aromatic carbocycles. The van der Waals surface area contributed by atoms with Gasteiger partial charge < -0.3 is 0 Å². The Morgan fingerprint density at radius 3 is 2.31 bits per heavy atom. The molecule has 0 saturated carbocycles. The summed E-state index contributed by atoms with van der Waals surface area (Å²) in [5.41, 5.74) is 9.70. The highest BCUT2D eigenvalue weighted by Gasteiger charge is 2.14. The van der Waals surface area contributed by atoms with Crippen LogP contribution in [0.1, 0.15) is 47.5 Å². The Balaban J connectivity index is 3.35. The molecule has 13 heavy (non-hydrogen) atoms. The van der Waals surface area contributed by atoms with Crippen molar-refractivity contribution < 1.29 is 0 Å². The van der Waals surface area contributed by atoms with Gasteiger partial charge in [0.25, 0.3) is 0 Å². The molecule has 0 aliphatic carbocycles. The molecule has 0 radical (unpaired) electrons. The first-order valence-electron chi connectivity index (χ1n) is 5.19. The van der Waals surface area contributed by atoms with Crippen molar-refractivity contribution in [1.29, 1.82) is 0 Å². The van der Waals surface area contributed by atoms with Crippen molar-refractivity contribution in [2.75, 3.05) is 6.54 Å². The van der Waals surface area contributed by atoms with Gasteiger partial charge in [-0.2, -0.15) is 5.53 Å². The Kier molecular flexibility index (Phi) is 6.29. The first-order chi connectivity index (χ1) is 5.95. The van der Waals surface area contributed by atoms with Gasteiger partial charge in [0.2, 0.25) is 0 Å². The molecular weight excluding hydrogens is 162 g/mol. The van der Waals surface area contributed by atoms with Crippen LogP contribution in [0.5, 0.6) is 0 Å². The molecule has 0 amide bonds. The Labute approximate surface area is 82.6 Å². The van der Waals surface area contributed by atoms with Crippen molar-refractivity contribution in [3.63, 3.8) is 0 Å². The maximum Gasteiger partial charge on any atom is 0.0202 e. The Morgan fingerprint density at radius 2 is 1.85 bits per heavy atom. The molecule has 1 atom stereocenters. The number of nitrogens with one attached hydrogen (secondary N) is 3. The van der Waals surface area contributed by atoms with Gasteiger partial charge in [0.1, 0.15) is 0 Å². The summed E-state index contributed by atoms with van der Waals surface area (Å²) in [7, 11) is 0. The van der Waals surface area contributed by atoms with E-state index in [-0.39, 0.29) is 0 Å². The topological polar surface area (TPSA) is 36.1 Å². The molecule has 3 heteroatoms. The van der Waals surface area contributed by atoms with Crippen molar-refractivity contribution in [2.24, 2.45) is 5.41 Å². The quantitative estimate of drug-likeness (QED) is 0.438. The average molecular weight is 187 g/mol. The highest BCUT2D eigenvalue weighted by molar-refractivity contribution is 4.68. The second-order valence-electron chi connectivity index (χ2n) is 4.86. The fraction of sp³-hybridized carbons (Fsp3) is 1.00. The maximum absolute atomic E-state index is 3.21. The average Bonchev–Trinajstić information content (AvgIpc) is 1.94. The van der Waals surface area contributed by atoms with Gasteiger partial charge in [-0.15, -0.1) is 0 Å². The third-order valence-corrected chi connectivity index (χ3v) is 1.70. The van der Waals surface area contributed by atoms with Crippen molar-refractivity contribution in [3.05, 3.63) is 0 Å². The van der Waals surface area contributed by atoms with Crippen LogP contribution in [-0.2, 0) is 0 Å². The van der Waals surface area contributed by atoms with Crippen LogP contribution >= 0.6 is 0 Å². The van der Waals surface area contributed by atoms with Gasteiger partial charge in [0.05, 0.1) is 0 Å². The summed E-state index contributed by atoms with van der Waals surface area (Å²) in [5, 5.41) is 0. The molecule has 80 valence electrons. The van der Waals surface area contributed by atoms with E-state index in [1.807, 2.05) is 0 Å². The molecule has 0 aromatic heterocycles. The van der Waals surface area contributed by atoms with Gasteiger partial charge in [-0.1, -0.05) is 27.7 Å². The standard InChI is InChI=1S/C10H25N3/c1-6-7-11-13-12-9(2)8-10(3,4)5/h9,11-13H,6-8H2,1-5H3. The molecule has 0 bridgehead atoms. The van der Waals surface area contributed by atoms with Gasteiger partial charge in [0, 0.05) is 12.6 Å². The molecule has 0 fully saturated rings. The summed E-state index contributed by atoms with van der Waals surface area (Å²) in [4.78, 5) is 0. The van der Waals surface area contributed by atoms with E-state index in [9.17, 15) is 0 Å². The van der Waals surface area contributed by atoms with Gasteiger partial charge in [0.15, 0.2) is 0 Å². The van der Waals surface area contributed by atoms with E-state index in [1.165, 1.54) is 0 Å². The molecular formula is C10H25N3. The van der Waals surface area contributed by atoms with E-state index in [0.29, 0.717) is 11.5 Å². The third-order valence-electron chi connectivity index (χ3n) is 1.70. The van der Waals surface area contributed by atoms with Crippen LogP contribution in [0, 0.1) is 5.41 Å². The van der Waals surface area contributed by atoms with Crippen molar-refractivity contribution >= 4 is 0 Å². The summed E-state index contributed by atoms with van der Waals surface area (Å²) >= 11 is 0. The van der Waals surface area contributed by atoms with Gasteiger partial charge >= 0.3 is 0 Å². The number of hydrazine groups is 2. The molecule has 0 rings (SSSR count). The molecule has 1 unspecified atom stereocenters. The van der Waals surface area contributed by atoms with Gasteiger partial charge in [-0.3, -0.25) is 0 Å². The largest absolute Gasteiger partial charge is 0.244 e. The second kappa shape index (κ2) is 6.35. The fourth-order valence-electron chi connectivity index (χ4n) is 1.33. The summed E-state index contributed by atoms with van der Waals surface area (Å²) in [5.74, 6) is 0. The SMILES string of the molecule is CCCNNNC(C)CC(C)(C)C. The van der Waals surface area contributed by atoms with Gasteiger partial charge in [-0.25, -0.2) is 10.9 Å². The highest BCUT2D eigenvalue weighted by atomic mass is 15.6. The highest BCUT2D eigenvalue weighted by Crippen LogP contribution is 2.19. The minimum absolute atomic E-state index is 0.388. The van der Waals surface area contributed by atoms with E-state index < -0.39 is 0 Å². The summed E-state index contributed by atoms with van der Waals surface area (Å²) < 4.78 is 0. The minimum atomic E-state index is 0.388. The zero-order valence-electron chi connectivity index (χ0n) is 9.70. The van der Waals surface area contributed by atoms with Crippen molar-refractivity contribution in [2.45, 2.75) is 53.5 Å². The van der Waals surface area contributed by atoms with Crippen LogP contribution in [0.2, 0.25) is 0 Å². The predicted molar refractivity (Wildman–Crippen MR) is 58.1 cm³/mol. The second-order valence-corrected chi connectivity index (χ2v) is 4.86. The normalized spacial score (nSPS) is 14.5. The molecule has 3 nitrogen and oxygen atoms in total. The first kappa shape index (κ1) is 12.9. The van der Waals surface area contributed by atoms with Crippen LogP contribution in [0.3, 0.4) is 0 Å². The van der Waals surface area contributed by atoms with Crippen molar-refractivity contribution in [3.8, 4) is 0 Å². The first-order valence-corrected chi connectivity index (χ1v) is 5.19. The molecule has 0 aliphatic rings. The molecule has 0 aliphatic heterocycles. The molecule has 0 aromatic rings. The molecule has 0 saturated heterocycles. The lowest BCUT2D eigenvalue weighted by Gasteiger charge is -2.24. The Bertz CT molecular complexity index is 118. The monoisotopic (exact) mass is 187 g/mol. The van der Waals surface area contributed by atoms with Crippen LogP contribution < -0.4 is 16.4 Å². The lowest BCUT2D eigenvalue weighted by atomic mass is 9.89. The van der Waals surface area contributed by atoms with Gasteiger partial charge in [-0.05, 0) is 25.2 Å². The maximum atomic E-state index is 3.21. The number of hydrogen-bond acceptors (Lipinski definition) is 3. The summed E-state index contributed by atoms with van der Waals surface area (Å²) in [6.07, 6.45) is 2.30. The third kappa shape index (κ3) is 9.80. The summed E-state index contributed by atoms with van der Waals surface area (Å²) in [6, 6.07) is 0.490. The van der Waals surface area contributed by atoms with Crippen LogP contribution in [0.15, 0.2) is 0 Å². The smallest absolute Gasteiger partial charge is 0.0202 e. The van der Waals surface area contributed by atoms with E-state index in [1.54, 1.807) is 0 Å². The Hall–Kier alpha value is -0.120. The van der Waals surface area contributed by atoms with Crippen molar-refractivity contribution in [1.82, 2.24) is 16.4 Å². The Morgan fingerprint density at radius 1 is 1.23 bits per heavy atom. The number of hydrogen-bond donors (Lipinski definition) is 3. The van der Waals surface area contributed by atoms with E-state index in [4.69, 9.17) is 0 Å². The zero-order chi connectivity index (χ0) is 10.3. The fourth-order valence-corrected chi connectivity index (χ4v) is 1.33. The summed E-state index contributed by atoms with van der Waals surface area (Å²) in [6.45, 7) is 12.1. The minimum Gasteiger partial charge on any atom is -0.244 e. The zero-order valence-corrected chi connectivity index (χ0v) is 9.70.